The van der Waals surface area contributed by atoms with E-state index in [1.54, 1.807) is 12.3 Å². The van der Waals surface area contributed by atoms with Crippen LogP contribution in [0.4, 0.5) is 0 Å². The van der Waals surface area contributed by atoms with Crippen LogP contribution in [0.15, 0.2) is 73.8 Å². The Morgan fingerprint density at radius 3 is 2.43 bits per heavy atom. The summed E-state index contributed by atoms with van der Waals surface area (Å²) in [4.78, 5) is 23.5. The van der Waals surface area contributed by atoms with Gasteiger partial charge in [-0.25, -0.2) is 17.9 Å². The molecule has 0 spiro atoms. The van der Waals surface area contributed by atoms with E-state index in [2.05, 4.69) is 4.72 Å². The first-order valence-electron chi connectivity index (χ1n) is 8.66. The molecule has 28 heavy (non-hydrogen) atoms. The molecule has 0 saturated heterocycles. The van der Waals surface area contributed by atoms with Gasteiger partial charge in [0.1, 0.15) is 5.76 Å². The maximum atomic E-state index is 12.6. The zero-order chi connectivity index (χ0) is 20.3. The lowest BCUT2D eigenvalue weighted by Gasteiger charge is -2.16. The number of hydrogen-bond donors (Lipinski definition) is 1. The number of sulfonamides is 1. The van der Waals surface area contributed by atoms with Gasteiger partial charge in [-0.3, -0.25) is 9.36 Å². The number of nitrogens with zero attached hydrogens (tertiary/aromatic N) is 2. The molecule has 2 heterocycles. The monoisotopic (exact) mass is 403 g/mol. The van der Waals surface area contributed by atoms with E-state index < -0.39 is 26.2 Å². The topological polar surface area (TPSA) is 103 Å². The van der Waals surface area contributed by atoms with Crippen LogP contribution in [0.3, 0.4) is 0 Å². The molecule has 0 aliphatic rings. The van der Waals surface area contributed by atoms with Gasteiger partial charge in [-0.05, 0) is 24.1 Å². The average Bonchev–Trinajstić information content (AvgIpc) is 3.21. The van der Waals surface area contributed by atoms with Crippen molar-refractivity contribution in [1.82, 2.24) is 13.9 Å². The molecular formula is C19H21N3O5S. The van der Waals surface area contributed by atoms with Gasteiger partial charge in [-0.15, -0.1) is 0 Å². The second-order valence-corrected chi connectivity index (χ2v) is 8.15. The van der Waals surface area contributed by atoms with Crippen molar-refractivity contribution >= 4 is 10.0 Å². The fraction of sp³-hybridized carbons (Fsp3) is 0.263. The summed E-state index contributed by atoms with van der Waals surface area (Å²) >= 11 is 0. The summed E-state index contributed by atoms with van der Waals surface area (Å²) in [6.45, 7) is 0.0919. The van der Waals surface area contributed by atoms with Gasteiger partial charge in [0.25, 0.3) is 5.56 Å². The fourth-order valence-electron chi connectivity index (χ4n) is 3.02. The highest BCUT2D eigenvalue weighted by atomic mass is 32.2. The van der Waals surface area contributed by atoms with Crippen molar-refractivity contribution in [2.45, 2.75) is 17.2 Å². The standard InChI is InChI=1S/C19H21N3O5S/c1-21-13-17(18(23)22(2)19(21)24)28(25,26)20-11-10-15(16-9-6-12-27-16)14-7-4-3-5-8-14/h3-9,12-13,15,20H,10-11H2,1-2H3. The van der Waals surface area contributed by atoms with Crippen molar-refractivity contribution in [3.05, 3.63) is 87.1 Å². The molecule has 2 aromatic heterocycles. The second-order valence-electron chi connectivity index (χ2n) is 6.42. The summed E-state index contributed by atoms with van der Waals surface area (Å²) in [5, 5.41) is 0. The SMILES string of the molecule is Cn1cc(S(=O)(=O)NCCC(c2ccccc2)c2ccco2)c(=O)n(C)c1=O. The maximum absolute atomic E-state index is 12.6. The summed E-state index contributed by atoms with van der Waals surface area (Å²) in [7, 11) is -1.44. The molecule has 3 rings (SSSR count). The quantitative estimate of drug-likeness (QED) is 0.638. The second kappa shape index (κ2) is 7.99. The number of benzene rings is 1. The molecule has 0 aliphatic carbocycles. The van der Waals surface area contributed by atoms with Crippen molar-refractivity contribution in [3.63, 3.8) is 0 Å². The molecule has 0 radical (unpaired) electrons. The molecule has 1 unspecified atom stereocenters. The lowest BCUT2D eigenvalue weighted by atomic mass is 9.93. The first kappa shape index (κ1) is 19.8. The van der Waals surface area contributed by atoms with Gasteiger partial charge in [0.15, 0.2) is 4.90 Å². The Balaban J connectivity index is 1.81. The molecule has 3 aromatic rings. The van der Waals surface area contributed by atoms with Gasteiger partial charge in [0.2, 0.25) is 10.0 Å². The number of furan rings is 1. The molecule has 1 aromatic carbocycles. The highest BCUT2D eigenvalue weighted by molar-refractivity contribution is 7.89. The van der Waals surface area contributed by atoms with Crippen LogP contribution < -0.4 is 16.0 Å². The Kier molecular flexibility index (Phi) is 5.66. The zero-order valence-electron chi connectivity index (χ0n) is 15.5. The van der Waals surface area contributed by atoms with E-state index in [1.165, 1.54) is 14.1 Å². The lowest BCUT2D eigenvalue weighted by Crippen LogP contribution is -2.41. The minimum absolute atomic E-state index is 0.0919. The van der Waals surface area contributed by atoms with E-state index in [0.29, 0.717) is 6.42 Å². The number of aromatic nitrogens is 2. The molecule has 9 heteroatoms. The van der Waals surface area contributed by atoms with Crippen molar-refractivity contribution in [2.24, 2.45) is 14.1 Å². The van der Waals surface area contributed by atoms with Gasteiger partial charge in [-0.2, -0.15) is 0 Å². The van der Waals surface area contributed by atoms with E-state index in [9.17, 15) is 18.0 Å². The Morgan fingerprint density at radius 2 is 1.79 bits per heavy atom. The molecule has 0 aliphatic heterocycles. The Hall–Kier alpha value is -2.91. The van der Waals surface area contributed by atoms with E-state index in [4.69, 9.17) is 4.42 Å². The third kappa shape index (κ3) is 4.00. The smallest absolute Gasteiger partial charge is 0.330 e. The Morgan fingerprint density at radius 1 is 1.07 bits per heavy atom. The Labute approximate surface area is 162 Å². The summed E-state index contributed by atoms with van der Waals surface area (Å²) in [6.07, 6.45) is 3.04. The number of hydrogen-bond acceptors (Lipinski definition) is 5. The summed E-state index contributed by atoms with van der Waals surface area (Å²) in [6, 6.07) is 13.2. The molecule has 0 bridgehead atoms. The fourth-order valence-corrected chi connectivity index (χ4v) is 4.23. The highest BCUT2D eigenvalue weighted by Gasteiger charge is 2.23. The molecule has 148 valence electrons. The van der Waals surface area contributed by atoms with Gasteiger partial charge in [0.05, 0.1) is 6.26 Å². The van der Waals surface area contributed by atoms with Crippen LogP contribution in [0.5, 0.6) is 0 Å². The van der Waals surface area contributed by atoms with Crippen molar-refractivity contribution in [2.75, 3.05) is 6.54 Å². The summed E-state index contributed by atoms with van der Waals surface area (Å²) in [5.41, 5.74) is -0.457. The first-order valence-corrected chi connectivity index (χ1v) is 10.1. The highest BCUT2D eigenvalue weighted by Crippen LogP contribution is 2.28. The minimum Gasteiger partial charge on any atom is -0.469 e. The van der Waals surface area contributed by atoms with Gasteiger partial charge in [-0.1, -0.05) is 30.3 Å². The number of aryl methyl sites for hydroxylation is 1. The van der Waals surface area contributed by atoms with Crippen molar-refractivity contribution < 1.29 is 12.8 Å². The van der Waals surface area contributed by atoms with Gasteiger partial charge >= 0.3 is 5.69 Å². The summed E-state index contributed by atoms with van der Waals surface area (Å²) < 4.78 is 35.0. The van der Waals surface area contributed by atoms with Gasteiger partial charge in [0, 0.05) is 32.8 Å². The lowest BCUT2D eigenvalue weighted by molar-refractivity contribution is 0.472. The number of rotatable bonds is 7. The molecule has 0 saturated carbocycles. The zero-order valence-corrected chi connectivity index (χ0v) is 16.3. The van der Waals surface area contributed by atoms with E-state index in [0.717, 1.165) is 26.7 Å². The van der Waals surface area contributed by atoms with Crippen LogP contribution in [0.25, 0.3) is 0 Å². The number of nitrogens with one attached hydrogen (secondary N) is 1. The molecule has 0 fully saturated rings. The van der Waals surface area contributed by atoms with Crippen LogP contribution in [0, 0.1) is 0 Å². The van der Waals surface area contributed by atoms with Crippen LogP contribution in [0.1, 0.15) is 23.7 Å². The van der Waals surface area contributed by atoms with E-state index >= 15 is 0 Å². The molecule has 0 amide bonds. The normalized spacial score (nSPS) is 12.8. The van der Waals surface area contributed by atoms with E-state index in [1.807, 2.05) is 36.4 Å². The molecule has 1 atom stereocenters. The van der Waals surface area contributed by atoms with Crippen LogP contribution >= 0.6 is 0 Å². The maximum Gasteiger partial charge on any atom is 0.330 e. The summed E-state index contributed by atoms with van der Waals surface area (Å²) in [5.74, 6) is 0.588. The first-order chi connectivity index (χ1) is 13.3. The third-order valence-corrected chi connectivity index (χ3v) is 5.96. The third-order valence-electron chi connectivity index (χ3n) is 4.52. The average molecular weight is 403 g/mol. The molecular weight excluding hydrogens is 382 g/mol. The van der Waals surface area contributed by atoms with E-state index in [-0.39, 0.29) is 12.5 Å². The minimum atomic E-state index is -4.07. The predicted molar refractivity (Wildman–Crippen MR) is 104 cm³/mol. The Bertz CT molecular complexity index is 1160. The van der Waals surface area contributed by atoms with Crippen molar-refractivity contribution in [3.8, 4) is 0 Å². The predicted octanol–water partition coefficient (Wildman–Crippen LogP) is 1.18. The van der Waals surface area contributed by atoms with Crippen LogP contribution in [-0.2, 0) is 24.1 Å². The largest absolute Gasteiger partial charge is 0.469 e. The van der Waals surface area contributed by atoms with Crippen LogP contribution in [0.2, 0.25) is 0 Å². The van der Waals surface area contributed by atoms with Gasteiger partial charge < -0.3 is 8.98 Å². The molecule has 8 nitrogen and oxygen atoms in total. The molecule has 1 N–H and O–H groups in total. The van der Waals surface area contributed by atoms with Crippen LogP contribution in [-0.4, -0.2) is 24.1 Å². The van der Waals surface area contributed by atoms with Crippen molar-refractivity contribution in [1.29, 1.82) is 0 Å².